The van der Waals surface area contributed by atoms with Gasteiger partial charge in [-0.25, -0.2) is 0 Å². The Morgan fingerprint density at radius 1 is 0.800 bits per heavy atom. The van der Waals surface area contributed by atoms with Gasteiger partial charge in [-0.1, -0.05) is 55.3 Å². The smallest absolute Gasteiger partial charge is 0.161 e. The van der Waals surface area contributed by atoms with Gasteiger partial charge >= 0.3 is 0 Å². The van der Waals surface area contributed by atoms with E-state index in [9.17, 15) is 0 Å². The lowest BCUT2D eigenvalue weighted by Gasteiger charge is -2.35. The highest BCUT2D eigenvalue weighted by Gasteiger charge is 2.24. The Hall–Kier alpha value is -2.56. The van der Waals surface area contributed by atoms with Gasteiger partial charge in [0.05, 0.1) is 14.2 Å². The van der Waals surface area contributed by atoms with Crippen LogP contribution in [0.25, 0.3) is 10.8 Å². The van der Waals surface area contributed by atoms with Gasteiger partial charge in [0, 0.05) is 32.7 Å². The van der Waals surface area contributed by atoms with Gasteiger partial charge in [-0.2, -0.15) is 0 Å². The van der Waals surface area contributed by atoms with Crippen LogP contribution in [0.1, 0.15) is 42.4 Å². The molecule has 3 aromatic carbocycles. The van der Waals surface area contributed by atoms with Crippen molar-refractivity contribution in [2.24, 2.45) is 5.92 Å². The zero-order chi connectivity index (χ0) is 24.0. The molecule has 0 aliphatic carbocycles. The number of ether oxygens (including phenoxy) is 2. The van der Waals surface area contributed by atoms with Crippen LogP contribution < -0.4 is 9.47 Å². The van der Waals surface area contributed by atoms with E-state index in [0.717, 1.165) is 49.9 Å². The van der Waals surface area contributed by atoms with Crippen molar-refractivity contribution < 1.29 is 9.47 Å². The summed E-state index contributed by atoms with van der Waals surface area (Å²) < 4.78 is 11.1. The number of fused-ring (bicyclic) bond motifs is 2. The van der Waals surface area contributed by atoms with Crippen molar-refractivity contribution in [2.45, 2.75) is 45.1 Å². The van der Waals surface area contributed by atoms with E-state index in [0.29, 0.717) is 0 Å². The predicted molar refractivity (Wildman–Crippen MR) is 145 cm³/mol. The minimum atomic E-state index is 0.744. The van der Waals surface area contributed by atoms with E-state index in [1.807, 2.05) is 0 Å². The summed E-state index contributed by atoms with van der Waals surface area (Å²) >= 11 is 0. The minimum Gasteiger partial charge on any atom is -0.493 e. The molecular weight excluding hydrogens is 432 g/mol. The Morgan fingerprint density at radius 3 is 2.43 bits per heavy atom. The second-order valence-corrected chi connectivity index (χ2v) is 10.4. The maximum absolute atomic E-state index is 5.57. The van der Waals surface area contributed by atoms with Crippen LogP contribution >= 0.6 is 0 Å². The van der Waals surface area contributed by atoms with E-state index in [1.165, 1.54) is 72.8 Å². The summed E-state index contributed by atoms with van der Waals surface area (Å²) in [6.07, 6.45) is 7.65. The molecule has 0 N–H and O–H groups in total. The molecule has 3 aromatic rings. The van der Waals surface area contributed by atoms with E-state index in [4.69, 9.17) is 9.47 Å². The molecule has 4 heteroatoms. The standard InChI is InChI=1S/C31H40N2O2/c1-34-30-19-28-14-17-33(23-29(28)20-31(30)35-2)22-25-8-4-3-7-15-32(21-25)16-13-24-11-12-26-9-5-6-10-27(26)18-24/h5-6,9-12,18-20,25H,3-4,7-8,13-17,21-23H2,1-2H3. The average Bonchev–Trinajstić information content (AvgIpc) is 2.88. The zero-order valence-electron chi connectivity index (χ0n) is 21.5. The fraction of sp³-hybridized carbons (Fsp3) is 0.484. The van der Waals surface area contributed by atoms with Crippen molar-refractivity contribution in [1.29, 1.82) is 0 Å². The molecule has 1 atom stereocenters. The molecule has 2 aliphatic rings. The lowest BCUT2D eigenvalue weighted by atomic mass is 9.94. The molecule has 186 valence electrons. The summed E-state index contributed by atoms with van der Waals surface area (Å²) in [6.45, 7) is 6.97. The van der Waals surface area contributed by atoms with Crippen LogP contribution in [0, 0.1) is 5.92 Å². The number of methoxy groups -OCH3 is 2. The third kappa shape index (κ3) is 5.99. The van der Waals surface area contributed by atoms with Crippen LogP contribution in [-0.2, 0) is 19.4 Å². The maximum Gasteiger partial charge on any atom is 0.161 e. The van der Waals surface area contributed by atoms with E-state index < -0.39 is 0 Å². The Bertz CT molecular complexity index is 1130. The molecule has 1 saturated heterocycles. The highest BCUT2D eigenvalue weighted by molar-refractivity contribution is 5.82. The molecule has 0 saturated carbocycles. The van der Waals surface area contributed by atoms with Gasteiger partial charge in [-0.3, -0.25) is 4.90 Å². The molecule has 0 spiro atoms. The summed E-state index contributed by atoms with van der Waals surface area (Å²) in [5, 5.41) is 2.69. The van der Waals surface area contributed by atoms with Crippen LogP contribution in [0.2, 0.25) is 0 Å². The van der Waals surface area contributed by atoms with Crippen molar-refractivity contribution >= 4 is 10.8 Å². The molecule has 0 bridgehead atoms. The Kier molecular flexibility index (Phi) is 7.90. The quantitative estimate of drug-likeness (QED) is 0.424. The highest BCUT2D eigenvalue weighted by Crippen LogP contribution is 2.33. The van der Waals surface area contributed by atoms with Crippen molar-refractivity contribution in [1.82, 2.24) is 9.80 Å². The first-order valence-corrected chi connectivity index (χ1v) is 13.4. The van der Waals surface area contributed by atoms with E-state index in [-0.39, 0.29) is 0 Å². The Morgan fingerprint density at radius 2 is 1.60 bits per heavy atom. The van der Waals surface area contributed by atoms with Gasteiger partial charge < -0.3 is 14.4 Å². The predicted octanol–water partition coefficient (Wildman–Crippen LogP) is 5.95. The summed E-state index contributed by atoms with van der Waals surface area (Å²) in [6, 6.07) is 20.0. The molecule has 1 fully saturated rings. The van der Waals surface area contributed by atoms with Crippen molar-refractivity contribution in [3.63, 3.8) is 0 Å². The first-order chi connectivity index (χ1) is 17.2. The van der Waals surface area contributed by atoms with Gasteiger partial charge in [0.25, 0.3) is 0 Å². The molecule has 0 aromatic heterocycles. The SMILES string of the molecule is COc1cc2c(cc1OC)CN(CC1CCCCCN(CCc3ccc4ccccc4c3)C1)CC2. The lowest BCUT2D eigenvalue weighted by molar-refractivity contribution is 0.147. The highest BCUT2D eigenvalue weighted by atomic mass is 16.5. The summed E-state index contributed by atoms with van der Waals surface area (Å²) in [4.78, 5) is 5.41. The zero-order valence-corrected chi connectivity index (χ0v) is 21.5. The summed E-state index contributed by atoms with van der Waals surface area (Å²) in [5.41, 5.74) is 4.26. The van der Waals surface area contributed by atoms with Crippen LogP contribution in [0.5, 0.6) is 11.5 Å². The van der Waals surface area contributed by atoms with E-state index in [2.05, 4.69) is 64.4 Å². The average molecular weight is 473 g/mol. The lowest BCUT2D eigenvalue weighted by Crippen LogP contribution is -2.41. The maximum atomic E-state index is 5.57. The van der Waals surface area contributed by atoms with Gasteiger partial charge in [-0.05, 0) is 77.7 Å². The largest absolute Gasteiger partial charge is 0.493 e. The molecule has 35 heavy (non-hydrogen) atoms. The van der Waals surface area contributed by atoms with Crippen molar-refractivity contribution in [3.05, 3.63) is 71.3 Å². The first kappa shape index (κ1) is 24.1. The van der Waals surface area contributed by atoms with Crippen molar-refractivity contribution in [3.8, 4) is 11.5 Å². The van der Waals surface area contributed by atoms with Crippen LogP contribution in [-0.4, -0.2) is 56.7 Å². The molecular formula is C31H40N2O2. The number of rotatable bonds is 7. The fourth-order valence-corrected chi connectivity index (χ4v) is 5.99. The number of hydrogen-bond donors (Lipinski definition) is 0. The van der Waals surface area contributed by atoms with Gasteiger partial charge in [0.2, 0.25) is 0 Å². The first-order valence-electron chi connectivity index (χ1n) is 13.4. The third-order valence-corrected chi connectivity index (χ3v) is 7.95. The third-order valence-electron chi connectivity index (χ3n) is 7.95. The van der Waals surface area contributed by atoms with E-state index >= 15 is 0 Å². The summed E-state index contributed by atoms with van der Waals surface area (Å²) in [5.74, 6) is 2.44. The molecule has 0 amide bonds. The van der Waals surface area contributed by atoms with Crippen molar-refractivity contribution in [2.75, 3.05) is 46.9 Å². The number of likely N-dealkylation sites (tertiary alicyclic amines) is 1. The monoisotopic (exact) mass is 472 g/mol. The molecule has 4 nitrogen and oxygen atoms in total. The van der Waals surface area contributed by atoms with Gasteiger partial charge in [-0.15, -0.1) is 0 Å². The van der Waals surface area contributed by atoms with Gasteiger partial charge in [0.15, 0.2) is 11.5 Å². The second kappa shape index (κ2) is 11.5. The molecule has 2 aliphatic heterocycles. The summed E-state index contributed by atoms with van der Waals surface area (Å²) in [7, 11) is 3.45. The topological polar surface area (TPSA) is 24.9 Å². The Labute approximate surface area is 210 Å². The van der Waals surface area contributed by atoms with Crippen LogP contribution in [0.15, 0.2) is 54.6 Å². The van der Waals surface area contributed by atoms with E-state index in [1.54, 1.807) is 14.2 Å². The molecule has 5 rings (SSSR count). The fourth-order valence-electron chi connectivity index (χ4n) is 5.99. The van der Waals surface area contributed by atoms with Crippen LogP contribution in [0.3, 0.4) is 0 Å². The molecule has 0 radical (unpaired) electrons. The number of hydrogen-bond acceptors (Lipinski definition) is 4. The molecule has 2 heterocycles. The minimum absolute atomic E-state index is 0.744. The van der Waals surface area contributed by atoms with Gasteiger partial charge in [0.1, 0.15) is 0 Å². The Balaban J connectivity index is 1.20. The normalized spacial score (nSPS) is 19.7. The second-order valence-electron chi connectivity index (χ2n) is 10.4. The number of nitrogens with zero attached hydrogens (tertiary/aromatic N) is 2. The molecule has 1 unspecified atom stereocenters. The number of benzene rings is 3. The van der Waals surface area contributed by atoms with Crippen LogP contribution in [0.4, 0.5) is 0 Å².